The molecule has 0 aliphatic carbocycles. The van der Waals surface area contributed by atoms with E-state index in [0.717, 1.165) is 5.56 Å². The lowest BCUT2D eigenvalue weighted by molar-refractivity contribution is -0.118. The smallest absolute Gasteiger partial charge is 0.262 e. The van der Waals surface area contributed by atoms with E-state index in [-0.39, 0.29) is 23.7 Å². The summed E-state index contributed by atoms with van der Waals surface area (Å²) < 4.78 is 27.8. The summed E-state index contributed by atoms with van der Waals surface area (Å²) in [6.07, 6.45) is 0. The molecule has 6 nitrogen and oxygen atoms in total. The molecule has 2 rings (SSSR count). The highest BCUT2D eigenvalue weighted by Gasteiger charge is 2.18. The van der Waals surface area contributed by atoms with E-state index in [1.165, 1.54) is 0 Å². The van der Waals surface area contributed by atoms with E-state index in [1.54, 1.807) is 24.3 Å². The van der Waals surface area contributed by atoms with Gasteiger partial charge in [-0.3, -0.25) is 4.79 Å². The van der Waals surface area contributed by atoms with Crippen molar-refractivity contribution in [1.29, 1.82) is 0 Å². The van der Waals surface area contributed by atoms with E-state index in [2.05, 4.69) is 26.1 Å². The van der Waals surface area contributed by atoms with Gasteiger partial charge in [0.25, 0.3) is 5.91 Å². The van der Waals surface area contributed by atoms with Gasteiger partial charge in [0.2, 0.25) is 10.0 Å². The third-order valence-electron chi connectivity index (χ3n) is 3.66. The van der Waals surface area contributed by atoms with Crippen molar-refractivity contribution >= 4 is 21.6 Å². The number of nitrogens with one attached hydrogen (secondary N) is 1. The molecule has 3 N–H and O–H groups in total. The number of primary sulfonamides is 1. The minimum Gasteiger partial charge on any atom is -0.483 e. The van der Waals surface area contributed by atoms with Crippen LogP contribution in [0.3, 0.4) is 0 Å². The van der Waals surface area contributed by atoms with E-state index >= 15 is 0 Å². The minimum atomic E-state index is -3.58. The van der Waals surface area contributed by atoms with Gasteiger partial charge in [-0.1, -0.05) is 51.1 Å². The number of para-hydroxylation sites is 1. The Bertz CT molecular complexity index is 869. The number of ether oxygens (including phenoxy) is 1. The molecule has 0 spiro atoms. The lowest BCUT2D eigenvalue weighted by Crippen LogP contribution is -2.22. The topological polar surface area (TPSA) is 98.5 Å². The fraction of sp³-hybridized carbons (Fsp3) is 0.316. The second kappa shape index (κ2) is 7.88. The number of amides is 1. The molecule has 2 aromatic carbocycles. The van der Waals surface area contributed by atoms with Gasteiger partial charge in [0.1, 0.15) is 5.75 Å². The second-order valence-corrected chi connectivity index (χ2v) is 8.70. The Morgan fingerprint density at radius 1 is 1.08 bits per heavy atom. The monoisotopic (exact) mass is 376 g/mol. The van der Waals surface area contributed by atoms with Crippen LogP contribution in [0.1, 0.15) is 31.9 Å². The number of hydrogen-bond donors (Lipinski definition) is 2. The third-order valence-corrected chi connectivity index (χ3v) is 4.40. The first-order valence-corrected chi connectivity index (χ1v) is 9.88. The van der Waals surface area contributed by atoms with Crippen LogP contribution in [0, 0.1) is 0 Å². The molecule has 0 aliphatic rings. The number of sulfonamides is 1. The van der Waals surface area contributed by atoms with Crippen LogP contribution in [0.5, 0.6) is 5.75 Å². The van der Waals surface area contributed by atoms with Gasteiger partial charge in [-0.05, 0) is 34.7 Å². The number of rotatable bonds is 6. The maximum atomic E-state index is 12.1. The van der Waals surface area contributed by atoms with Crippen molar-refractivity contribution in [1.82, 2.24) is 0 Å². The Hall–Kier alpha value is -2.38. The van der Waals surface area contributed by atoms with Gasteiger partial charge in [-0.25, -0.2) is 13.6 Å². The van der Waals surface area contributed by atoms with E-state index in [9.17, 15) is 13.2 Å². The maximum absolute atomic E-state index is 12.1. The van der Waals surface area contributed by atoms with Crippen molar-refractivity contribution < 1.29 is 17.9 Å². The molecule has 0 saturated carbocycles. The number of nitrogens with two attached hydrogens (primary N) is 1. The highest BCUT2D eigenvalue weighted by atomic mass is 32.2. The van der Waals surface area contributed by atoms with Crippen LogP contribution in [-0.2, 0) is 26.0 Å². The fourth-order valence-electron chi connectivity index (χ4n) is 2.47. The van der Waals surface area contributed by atoms with Crippen molar-refractivity contribution in [3.8, 4) is 5.75 Å². The van der Waals surface area contributed by atoms with Crippen LogP contribution >= 0.6 is 0 Å². The number of anilines is 1. The molecule has 26 heavy (non-hydrogen) atoms. The van der Waals surface area contributed by atoms with E-state index in [1.807, 2.05) is 24.3 Å². The molecule has 0 heterocycles. The Morgan fingerprint density at radius 3 is 2.27 bits per heavy atom. The summed E-state index contributed by atoms with van der Waals surface area (Å²) in [6.45, 7) is 6.13. The number of carbonyl (C=O) groups is 1. The molecule has 0 saturated heterocycles. The number of carbonyl (C=O) groups excluding carboxylic acids is 1. The highest BCUT2D eigenvalue weighted by Crippen LogP contribution is 2.30. The van der Waals surface area contributed by atoms with Crippen LogP contribution in [0.25, 0.3) is 0 Å². The quantitative estimate of drug-likeness (QED) is 0.810. The molecule has 0 aliphatic heterocycles. The average Bonchev–Trinajstić information content (AvgIpc) is 2.53. The molecule has 0 unspecified atom stereocenters. The van der Waals surface area contributed by atoms with E-state index in [4.69, 9.17) is 9.88 Å². The zero-order valence-electron chi connectivity index (χ0n) is 15.2. The first-order valence-electron chi connectivity index (χ1n) is 8.16. The van der Waals surface area contributed by atoms with Crippen LogP contribution in [0.2, 0.25) is 0 Å². The maximum Gasteiger partial charge on any atom is 0.262 e. The van der Waals surface area contributed by atoms with E-state index in [0.29, 0.717) is 17.0 Å². The summed E-state index contributed by atoms with van der Waals surface area (Å²) in [5, 5.41) is 7.73. The third kappa shape index (κ3) is 6.16. The SMILES string of the molecule is CC(C)(C)c1ccccc1OCC(=O)Nc1ccc(CS(N)(=O)=O)cc1. The van der Waals surface area contributed by atoms with Gasteiger partial charge >= 0.3 is 0 Å². The summed E-state index contributed by atoms with van der Waals surface area (Å²) in [4.78, 5) is 12.1. The largest absolute Gasteiger partial charge is 0.483 e. The Morgan fingerprint density at radius 2 is 1.69 bits per heavy atom. The molecule has 1 amide bonds. The summed E-state index contributed by atoms with van der Waals surface area (Å²) in [5.74, 6) is 0.139. The zero-order chi connectivity index (χ0) is 19.4. The molecule has 2 aromatic rings. The van der Waals surface area contributed by atoms with Gasteiger partial charge in [0, 0.05) is 5.69 Å². The molecule has 0 bridgehead atoms. The van der Waals surface area contributed by atoms with Gasteiger partial charge in [0.15, 0.2) is 6.61 Å². The first-order chi connectivity index (χ1) is 12.0. The molecule has 0 radical (unpaired) electrons. The summed E-state index contributed by atoms with van der Waals surface area (Å²) in [7, 11) is -3.58. The average molecular weight is 376 g/mol. The Kier molecular flexibility index (Phi) is 6.05. The summed E-state index contributed by atoms with van der Waals surface area (Å²) >= 11 is 0. The van der Waals surface area contributed by atoms with Gasteiger partial charge in [-0.15, -0.1) is 0 Å². The molecule has 0 atom stereocenters. The van der Waals surface area contributed by atoms with Crippen LogP contribution < -0.4 is 15.2 Å². The second-order valence-electron chi connectivity index (χ2n) is 7.09. The lowest BCUT2D eigenvalue weighted by Gasteiger charge is -2.22. The lowest BCUT2D eigenvalue weighted by atomic mass is 9.86. The normalized spacial score (nSPS) is 11.8. The number of benzene rings is 2. The van der Waals surface area contributed by atoms with Crippen molar-refractivity contribution in [2.24, 2.45) is 5.14 Å². The van der Waals surface area contributed by atoms with E-state index < -0.39 is 10.0 Å². The molecule has 0 aromatic heterocycles. The van der Waals surface area contributed by atoms with Crippen molar-refractivity contribution in [3.05, 3.63) is 59.7 Å². The summed E-state index contributed by atoms with van der Waals surface area (Å²) in [5.41, 5.74) is 2.05. The zero-order valence-corrected chi connectivity index (χ0v) is 16.0. The fourth-order valence-corrected chi connectivity index (χ4v) is 3.13. The Labute approximate surface area is 154 Å². The minimum absolute atomic E-state index is 0.0910. The Balaban J connectivity index is 1.96. The first kappa shape index (κ1) is 19.9. The number of hydrogen-bond acceptors (Lipinski definition) is 4. The highest BCUT2D eigenvalue weighted by molar-refractivity contribution is 7.88. The molecule has 7 heteroatoms. The standard InChI is InChI=1S/C19H24N2O4S/c1-19(2,3)16-6-4-5-7-17(16)25-12-18(22)21-15-10-8-14(9-11-15)13-26(20,23)24/h4-11H,12-13H2,1-3H3,(H,21,22)(H2,20,23,24). The van der Waals surface area contributed by atoms with Gasteiger partial charge in [0.05, 0.1) is 5.75 Å². The summed E-state index contributed by atoms with van der Waals surface area (Å²) in [6, 6.07) is 14.1. The van der Waals surface area contributed by atoms with Crippen LogP contribution in [0.15, 0.2) is 48.5 Å². The van der Waals surface area contributed by atoms with Crippen LogP contribution in [-0.4, -0.2) is 20.9 Å². The van der Waals surface area contributed by atoms with Crippen LogP contribution in [0.4, 0.5) is 5.69 Å². The van der Waals surface area contributed by atoms with Crippen molar-refractivity contribution in [3.63, 3.8) is 0 Å². The molecular weight excluding hydrogens is 352 g/mol. The van der Waals surface area contributed by atoms with Gasteiger partial charge < -0.3 is 10.1 Å². The predicted octanol–water partition coefficient (Wildman–Crippen LogP) is 2.79. The molecular formula is C19H24N2O4S. The molecule has 140 valence electrons. The van der Waals surface area contributed by atoms with Gasteiger partial charge in [-0.2, -0.15) is 0 Å². The van der Waals surface area contributed by atoms with Crippen molar-refractivity contribution in [2.45, 2.75) is 31.9 Å². The van der Waals surface area contributed by atoms with Crippen molar-refractivity contribution in [2.75, 3.05) is 11.9 Å². The predicted molar refractivity (Wildman–Crippen MR) is 103 cm³/mol. The molecule has 0 fully saturated rings.